The van der Waals surface area contributed by atoms with Gasteiger partial charge in [0.1, 0.15) is 55.5 Å². The van der Waals surface area contributed by atoms with E-state index in [2.05, 4.69) is 62.0 Å². The van der Waals surface area contributed by atoms with E-state index < -0.39 is 140 Å². The highest BCUT2D eigenvalue weighted by atomic mass is 16.7. The Bertz CT molecular complexity index is 4470. The number of nitrogens with one attached hydrogen (secondary N) is 6. The first-order valence-electron chi connectivity index (χ1n) is 38.8. The van der Waals surface area contributed by atoms with Crippen molar-refractivity contribution in [1.29, 1.82) is 0 Å². The smallest absolute Gasteiger partial charge is 0.242 e. The first kappa shape index (κ1) is 71.2. The van der Waals surface area contributed by atoms with Crippen LogP contribution in [-0.2, 0) is 43.4 Å². The molecule has 25 nitrogen and oxygen atoms in total. The Morgan fingerprint density at radius 3 is 2.56 bits per heavy atom. The van der Waals surface area contributed by atoms with E-state index in [9.17, 15) is 45.3 Å². The van der Waals surface area contributed by atoms with Crippen LogP contribution in [0.4, 0.5) is 5.69 Å². The predicted octanol–water partition coefficient (Wildman–Crippen LogP) is 2.59. The number of rotatable bonds is 12. The molecule has 6 fully saturated rings. The largest absolute Gasteiger partial charge is 0.486 e. The molecule has 107 heavy (non-hydrogen) atoms. The lowest BCUT2D eigenvalue weighted by atomic mass is 9.52. The number of carbonyl (C=O) groups is 4. The molecular formula is C82H97N9O16. The minimum Gasteiger partial charge on any atom is -0.486 e. The van der Waals surface area contributed by atoms with Crippen LogP contribution in [0.25, 0.3) is 0 Å². The number of aldehydes is 1. The number of aliphatic hydroxyl groups is 7. The fourth-order valence-electron chi connectivity index (χ4n) is 22.3. The van der Waals surface area contributed by atoms with Gasteiger partial charge in [-0.3, -0.25) is 30.8 Å². The van der Waals surface area contributed by atoms with Crippen LogP contribution >= 0.6 is 0 Å². The Hall–Kier alpha value is -7.46. The number of fused-ring (bicyclic) bond motifs is 16. The van der Waals surface area contributed by atoms with E-state index in [1.807, 2.05) is 36.2 Å². The van der Waals surface area contributed by atoms with Gasteiger partial charge in [-0.15, -0.1) is 0 Å². The molecule has 2 spiro atoms. The van der Waals surface area contributed by atoms with Crippen molar-refractivity contribution < 1.29 is 78.6 Å². The van der Waals surface area contributed by atoms with E-state index in [1.165, 1.54) is 12.1 Å². The number of hydrogen-bond acceptors (Lipinski definition) is 24. The van der Waals surface area contributed by atoms with E-state index in [4.69, 9.17) is 35.2 Å². The summed E-state index contributed by atoms with van der Waals surface area (Å²) in [5, 5.41) is 112. The molecule has 17 N–H and O–H groups in total. The van der Waals surface area contributed by atoms with E-state index in [1.54, 1.807) is 12.1 Å². The van der Waals surface area contributed by atoms with Gasteiger partial charge < -0.3 is 96.1 Å². The van der Waals surface area contributed by atoms with Crippen molar-refractivity contribution in [2.45, 2.75) is 212 Å². The van der Waals surface area contributed by atoms with Crippen LogP contribution in [0.5, 0.6) is 11.5 Å². The van der Waals surface area contributed by atoms with Crippen molar-refractivity contribution >= 4 is 29.4 Å². The summed E-state index contributed by atoms with van der Waals surface area (Å²) in [5.41, 5.74) is 17.1. The standard InChI is InChI=1S/C82H97N9O16/c1-85-33-45-28-40-27-42-17-23-82(102)73(100)71(104-37-81-55-18-24-86-74(83)63(55)65-61-43(31-41-7-6-9-56(41)88-65)12-15-50(64(61)81)60(45)51(30-40)48(20-26-93)72(81)99)77-106-69-54(32-53-62(70(69)103-36-46(95)19-25-92)68(98)52-29-39(34-94)11-14-47(52)67(53)97)59(44(13-16-58(42)96)35-105-80(78(82)107-77)21-4-5-22-80)49-8-2-3-10-57(49)91-38-87-66-75(91)89-79(84)90-76(66)101/h2-3,8,10-11,14,18,25,28-30,32,41-44,46,48,50,56,58-59,65-66,71-73,75,77-79,85-89,93-96,99-100,102H,4-7,9,12-13,15-16,19-22,24,26-27,31,33-38,83-84H2,1H3,(H,90,101). The summed E-state index contributed by atoms with van der Waals surface area (Å²) in [7, 11) is 1.92. The predicted molar refractivity (Wildman–Crippen MR) is 389 cm³/mol. The highest BCUT2D eigenvalue weighted by molar-refractivity contribution is 6.29. The minimum atomic E-state index is -2.62. The highest BCUT2D eigenvalue weighted by Gasteiger charge is 2.67. The molecule has 18 rings (SSSR count). The topological polar surface area (TPSA) is 384 Å². The maximum Gasteiger partial charge on any atom is 0.242 e. The molecule has 9 bridgehead atoms. The quantitative estimate of drug-likeness (QED) is 0.0485. The molecule has 8 heterocycles. The first-order chi connectivity index (χ1) is 51.9. The second-order valence-electron chi connectivity index (χ2n) is 32.6. The number of aliphatic hydroxyl groups excluding tert-OH is 6. The zero-order valence-corrected chi connectivity index (χ0v) is 60.1. The van der Waals surface area contributed by atoms with E-state index in [0.717, 1.165) is 76.7 Å². The third-order valence-corrected chi connectivity index (χ3v) is 27.0. The molecule has 6 aliphatic carbocycles. The maximum atomic E-state index is 16.0. The SMILES string of the molecule is CNCc1cc2cc3c1C1CCC4CC5CCCC5NC5C6=C(N)NCC=C6C(COC6C7Oc8c(cc9c(c8OCC(O)CC=O)C(=O)c8cc(CO)ccc8C9=O)C(c8ccccc8N8CNC9C(=O)NC(N)NC98)C8CCC(O)C(C#CC(O)(C6O)C(O7)C6(CCCC6)OC8)C2)(C1=C45)C(O)C3CCO. The van der Waals surface area contributed by atoms with Crippen molar-refractivity contribution in [1.82, 2.24) is 31.9 Å². The van der Waals surface area contributed by atoms with Crippen LogP contribution in [0.15, 0.2) is 94.9 Å². The molecule has 566 valence electrons. The fourth-order valence-corrected chi connectivity index (χ4v) is 22.3. The zero-order chi connectivity index (χ0) is 73.7. The molecule has 0 radical (unpaired) electrons. The van der Waals surface area contributed by atoms with E-state index in [-0.39, 0.29) is 121 Å². The summed E-state index contributed by atoms with van der Waals surface area (Å²) < 4.78 is 38.0. The summed E-state index contributed by atoms with van der Waals surface area (Å²) in [6.45, 7) is -1.07. The van der Waals surface area contributed by atoms with Crippen molar-refractivity contribution in [2.24, 2.45) is 40.6 Å². The third kappa shape index (κ3) is 11.2. The third-order valence-electron chi connectivity index (χ3n) is 27.0. The number of dihydropyridines is 1. The molecule has 14 aliphatic rings. The number of amides is 1. The highest BCUT2D eigenvalue weighted by Crippen LogP contribution is 2.67. The fraction of sp³-hybridized carbons (Fsp3) is 0.561. The molecule has 4 saturated heterocycles. The summed E-state index contributed by atoms with van der Waals surface area (Å²) in [4.78, 5) is 60.2. The number of hydrogen-bond donors (Lipinski definition) is 15. The van der Waals surface area contributed by atoms with Crippen LogP contribution in [0, 0.1) is 40.9 Å². The second-order valence-corrected chi connectivity index (χ2v) is 32.6. The number of carbonyl (C=O) groups excluding carboxylic acids is 4. The monoisotopic (exact) mass is 1460 g/mol. The van der Waals surface area contributed by atoms with Crippen molar-refractivity contribution in [2.75, 3.05) is 51.6 Å². The van der Waals surface area contributed by atoms with Crippen LogP contribution in [-0.4, -0.2) is 191 Å². The lowest BCUT2D eigenvalue weighted by molar-refractivity contribution is -0.337. The Morgan fingerprint density at radius 2 is 1.75 bits per heavy atom. The van der Waals surface area contributed by atoms with Crippen LogP contribution in [0.2, 0.25) is 0 Å². The molecule has 2 saturated carbocycles. The lowest BCUT2D eigenvalue weighted by Crippen LogP contribution is -2.73. The number of ketones is 2. The van der Waals surface area contributed by atoms with Crippen molar-refractivity contribution in [3.63, 3.8) is 0 Å². The molecular weight excluding hydrogens is 1370 g/mol. The van der Waals surface area contributed by atoms with Gasteiger partial charge in [-0.25, -0.2) is 0 Å². The van der Waals surface area contributed by atoms with Gasteiger partial charge in [0.05, 0.1) is 73.3 Å². The zero-order valence-electron chi connectivity index (χ0n) is 60.1. The maximum absolute atomic E-state index is 16.0. The van der Waals surface area contributed by atoms with Gasteiger partial charge in [0.25, 0.3) is 0 Å². The summed E-state index contributed by atoms with van der Waals surface area (Å²) in [6.07, 6.45) is -3.04. The Morgan fingerprint density at radius 1 is 0.907 bits per heavy atom. The van der Waals surface area contributed by atoms with E-state index in [0.29, 0.717) is 73.5 Å². The molecule has 4 aromatic rings. The van der Waals surface area contributed by atoms with Gasteiger partial charge >= 0.3 is 0 Å². The van der Waals surface area contributed by atoms with Gasteiger partial charge in [0.15, 0.2) is 28.7 Å². The number of nitrogens with two attached hydrogens (primary N) is 2. The molecule has 8 aliphatic heterocycles. The van der Waals surface area contributed by atoms with Crippen molar-refractivity contribution in [3.05, 3.63) is 156 Å². The first-order valence-corrected chi connectivity index (χ1v) is 38.8. The molecule has 25 heteroatoms. The summed E-state index contributed by atoms with van der Waals surface area (Å²) in [6, 6.07) is 17.1. The number of para-hydroxylation sites is 1. The lowest BCUT2D eigenvalue weighted by Gasteiger charge is -2.56. The van der Waals surface area contributed by atoms with Gasteiger partial charge in [-0.05, 0) is 170 Å². The Kier molecular flexibility index (Phi) is 18.3. The van der Waals surface area contributed by atoms with Crippen molar-refractivity contribution in [3.8, 4) is 23.3 Å². The van der Waals surface area contributed by atoms with Gasteiger partial charge in [-0.2, -0.15) is 0 Å². The minimum absolute atomic E-state index is 0.0372. The van der Waals surface area contributed by atoms with Crippen LogP contribution < -0.4 is 57.7 Å². The molecule has 4 aromatic carbocycles. The van der Waals surface area contributed by atoms with Crippen LogP contribution in [0.3, 0.4) is 0 Å². The van der Waals surface area contributed by atoms with Gasteiger partial charge in [-0.1, -0.05) is 73.6 Å². The Balaban J connectivity index is 0.936. The molecule has 0 aromatic heterocycles. The van der Waals surface area contributed by atoms with E-state index >= 15 is 9.59 Å². The normalized spacial score (nSPS) is 36.5. The summed E-state index contributed by atoms with van der Waals surface area (Å²) in [5.74, 6) is 1.51. The number of ether oxygens (including phenoxy) is 5. The number of benzene rings is 4. The molecule has 21 atom stereocenters. The number of nitrogens with zero attached hydrogens (tertiary/aromatic N) is 1. The van der Waals surface area contributed by atoms with Crippen LogP contribution in [0.1, 0.15) is 178 Å². The molecule has 21 unspecified atom stereocenters. The van der Waals surface area contributed by atoms with Gasteiger partial charge in [0.2, 0.25) is 12.2 Å². The average molecular weight is 1460 g/mol. The van der Waals surface area contributed by atoms with Gasteiger partial charge in [0, 0.05) is 83.4 Å². The summed E-state index contributed by atoms with van der Waals surface area (Å²) >= 11 is 0. The molecule has 1 amide bonds. The number of anilines is 1. The average Bonchev–Trinajstić information content (AvgIpc) is 1.17. The Labute approximate surface area is 620 Å². The second kappa shape index (κ2) is 27.5.